The molecule has 0 aliphatic heterocycles. The summed E-state index contributed by atoms with van der Waals surface area (Å²) in [4.78, 5) is 3.49. The van der Waals surface area contributed by atoms with Crippen molar-refractivity contribution in [2.75, 3.05) is 0 Å². The van der Waals surface area contributed by atoms with E-state index in [-0.39, 0.29) is 11.3 Å². The van der Waals surface area contributed by atoms with Crippen molar-refractivity contribution in [2.45, 2.75) is 44.9 Å². The minimum absolute atomic E-state index is 0.00205. The van der Waals surface area contributed by atoms with Crippen LogP contribution in [0.5, 0.6) is 0 Å². The molecule has 0 aromatic heterocycles. The van der Waals surface area contributed by atoms with Crippen molar-refractivity contribution in [3.8, 4) is 11.8 Å². The maximum absolute atomic E-state index is 14.0. The Morgan fingerprint density at radius 2 is 1.70 bits per heavy atom. The number of thiocarbonyl (C=S) groups is 1. The summed E-state index contributed by atoms with van der Waals surface area (Å²) in [6.45, 7) is 2.27. The largest absolute Gasteiger partial charge is 0.206 e. The van der Waals surface area contributed by atoms with Crippen LogP contribution in [0.25, 0.3) is 0 Å². The number of nitrogens with zero attached hydrogens (tertiary/aromatic N) is 1. The van der Waals surface area contributed by atoms with Gasteiger partial charge in [0.2, 0.25) is 0 Å². The molecule has 1 fully saturated rings. The van der Waals surface area contributed by atoms with Crippen LogP contribution in [0.2, 0.25) is 0 Å². The Morgan fingerprint density at radius 3 is 2.33 bits per heavy atom. The minimum atomic E-state index is -0.670. The highest BCUT2D eigenvalue weighted by atomic mass is 32.1. The lowest BCUT2D eigenvalue weighted by Crippen LogP contribution is -2.12. The zero-order chi connectivity index (χ0) is 19.2. The molecule has 1 aliphatic rings. The predicted molar refractivity (Wildman–Crippen MR) is 108 cm³/mol. The third-order valence-electron chi connectivity index (χ3n) is 5.35. The van der Waals surface area contributed by atoms with Gasteiger partial charge in [0.05, 0.1) is 10.7 Å². The molecule has 0 unspecified atom stereocenters. The Balaban J connectivity index is 1.73. The van der Waals surface area contributed by atoms with Gasteiger partial charge in [0, 0.05) is 11.6 Å². The van der Waals surface area contributed by atoms with E-state index in [0.717, 1.165) is 23.6 Å². The second kappa shape index (κ2) is 9.04. The van der Waals surface area contributed by atoms with Crippen LogP contribution in [-0.4, -0.2) is 5.16 Å². The lowest BCUT2D eigenvalue weighted by atomic mass is 9.78. The highest BCUT2D eigenvalue weighted by Gasteiger charge is 2.20. The molecular weight excluding hydrogens is 360 g/mol. The Hall–Kier alpha value is -2.34. The average Bonchev–Trinajstić information content (AvgIpc) is 2.70. The normalized spacial score (nSPS) is 18.9. The molecule has 0 amide bonds. The van der Waals surface area contributed by atoms with Crippen molar-refractivity contribution in [3.05, 3.63) is 64.7 Å². The standard InChI is InChI=1S/C23H21F2NS/c1-2-16-3-8-18(9-4-16)19-10-5-17(6-11-19)7-12-20-13-22(25)23(26-15-27)14-21(20)24/h5-6,10-11,13-14,16,18H,2-4,8-9H2,1H3. The van der Waals surface area contributed by atoms with Crippen LogP contribution < -0.4 is 0 Å². The highest BCUT2D eigenvalue weighted by Crippen LogP contribution is 2.36. The van der Waals surface area contributed by atoms with E-state index in [4.69, 9.17) is 0 Å². The first-order chi connectivity index (χ1) is 13.1. The average molecular weight is 381 g/mol. The van der Waals surface area contributed by atoms with Gasteiger partial charge >= 0.3 is 0 Å². The van der Waals surface area contributed by atoms with Crippen molar-refractivity contribution in [2.24, 2.45) is 10.9 Å². The first-order valence-electron chi connectivity index (χ1n) is 9.29. The maximum atomic E-state index is 14.0. The third-order valence-corrected chi connectivity index (χ3v) is 5.44. The van der Waals surface area contributed by atoms with Gasteiger partial charge in [-0.2, -0.15) is 4.99 Å². The van der Waals surface area contributed by atoms with Crippen LogP contribution >= 0.6 is 12.2 Å². The number of hydrogen-bond donors (Lipinski definition) is 0. The van der Waals surface area contributed by atoms with Gasteiger partial charge in [-0.05, 0) is 73.5 Å². The third kappa shape index (κ3) is 4.89. The summed E-state index contributed by atoms with van der Waals surface area (Å²) in [5.74, 6) is 5.80. The predicted octanol–water partition coefficient (Wildman–Crippen LogP) is 6.78. The number of rotatable bonds is 3. The summed E-state index contributed by atoms with van der Waals surface area (Å²) in [7, 11) is 0. The molecule has 2 aromatic carbocycles. The molecule has 0 atom stereocenters. The van der Waals surface area contributed by atoms with Gasteiger partial charge in [-0.1, -0.05) is 37.3 Å². The van der Waals surface area contributed by atoms with Gasteiger partial charge in [0.15, 0.2) is 5.82 Å². The summed E-state index contributed by atoms with van der Waals surface area (Å²) in [6, 6.07) is 10.1. The smallest absolute Gasteiger partial charge is 0.151 e. The van der Waals surface area contributed by atoms with Crippen molar-refractivity contribution in [3.63, 3.8) is 0 Å². The van der Waals surface area contributed by atoms with Crippen LogP contribution in [0.15, 0.2) is 41.4 Å². The molecule has 0 bridgehead atoms. The second-order valence-corrected chi connectivity index (χ2v) is 7.17. The van der Waals surface area contributed by atoms with Gasteiger partial charge < -0.3 is 0 Å². The Morgan fingerprint density at radius 1 is 1.00 bits per heavy atom. The number of aliphatic imine (C=N–C) groups is 1. The fourth-order valence-corrected chi connectivity index (χ4v) is 3.75. The molecule has 0 N–H and O–H groups in total. The summed E-state index contributed by atoms with van der Waals surface area (Å²) in [5.41, 5.74) is 1.95. The van der Waals surface area contributed by atoms with E-state index >= 15 is 0 Å². The number of halogens is 2. The fraction of sp³-hybridized carbons (Fsp3) is 0.348. The van der Waals surface area contributed by atoms with Crippen LogP contribution in [0.3, 0.4) is 0 Å². The van der Waals surface area contributed by atoms with E-state index in [1.165, 1.54) is 37.7 Å². The van der Waals surface area contributed by atoms with Crippen molar-refractivity contribution in [1.82, 2.24) is 0 Å². The molecule has 0 heterocycles. The lowest BCUT2D eigenvalue weighted by molar-refractivity contribution is 0.319. The van der Waals surface area contributed by atoms with Crippen molar-refractivity contribution in [1.29, 1.82) is 0 Å². The highest BCUT2D eigenvalue weighted by molar-refractivity contribution is 7.78. The molecule has 2 aromatic rings. The molecule has 27 heavy (non-hydrogen) atoms. The van der Waals surface area contributed by atoms with Crippen LogP contribution in [0.4, 0.5) is 14.5 Å². The summed E-state index contributed by atoms with van der Waals surface area (Å²) < 4.78 is 27.9. The fourth-order valence-electron chi connectivity index (χ4n) is 3.65. The molecular formula is C23H21F2NS. The van der Waals surface area contributed by atoms with E-state index in [9.17, 15) is 8.78 Å². The van der Waals surface area contributed by atoms with E-state index in [2.05, 4.69) is 48.1 Å². The van der Waals surface area contributed by atoms with Gasteiger partial charge in [0.25, 0.3) is 0 Å². The molecule has 0 saturated heterocycles. The summed E-state index contributed by atoms with van der Waals surface area (Å²) >= 11 is 4.42. The topological polar surface area (TPSA) is 12.4 Å². The van der Waals surface area contributed by atoms with E-state index in [0.29, 0.717) is 5.92 Å². The lowest BCUT2D eigenvalue weighted by Gasteiger charge is -2.28. The zero-order valence-electron chi connectivity index (χ0n) is 15.3. The molecule has 1 nitrogen and oxygen atoms in total. The van der Waals surface area contributed by atoms with E-state index < -0.39 is 11.6 Å². The molecule has 0 radical (unpaired) electrons. The summed E-state index contributed by atoms with van der Waals surface area (Å²) in [5, 5.41) is 2.03. The Kier molecular flexibility index (Phi) is 6.50. The SMILES string of the molecule is CCC1CCC(c2ccc(C#Cc3cc(F)c(N=C=S)cc3F)cc2)CC1. The Labute approximate surface area is 164 Å². The molecule has 4 heteroatoms. The van der Waals surface area contributed by atoms with Crippen molar-refractivity contribution < 1.29 is 8.78 Å². The number of isothiocyanates is 1. The maximum Gasteiger partial charge on any atom is 0.151 e. The van der Waals surface area contributed by atoms with E-state index in [1.54, 1.807) is 0 Å². The minimum Gasteiger partial charge on any atom is -0.206 e. The molecule has 1 aliphatic carbocycles. The number of benzene rings is 2. The van der Waals surface area contributed by atoms with Crippen LogP contribution in [0, 0.1) is 29.4 Å². The zero-order valence-corrected chi connectivity index (χ0v) is 16.1. The van der Waals surface area contributed by atoms with Gasteiger partial charge in [-0.3, -0.25) is 0 Å². The van der Waals surface area contributed by atoms with E-state index in [1.807, 2.05) is 17.3 Å². The molecule has 0 spiro atoms. The molecule has 138 valence electrons. The monoisotopic (exact) mass is 381 g/mol. The van der Waals surface area contributed by atoms with Gasteiger partial charge in [-0.25, -0.2) is 8.78 Å². The molecule has 3 rings (SSSR count). The van der Waals surface area contributed by atoms with Crippen molar-refractivity contribution >= 4 is 23.1 Å². The first-order valence-corrected chi connectivity index (χ1v) is 9.70. The van der Waals surface area contributed by atoms with Gasteiger partial charge in [-0.15, -0.1) is 0 Å². The second-order valence-electron chi connectivity index (χ2n) is 6.98. The van der Waals surface area contributed by atoms with Crippen LogP contribution in [-0.2, 0) is 0 Å². The van der Waals surface area contributed by atoms with Crippen LogP contribution in [0.1, 0.15) is 61.6 Å². The summed E-state index contributed by atoms with van der Waals surface area (Å²) in [6.07, 6.45) is 6.36. The molecule has 1 saturated carbocycles. The van der Waals surface area contributed by atoms with Gasteiger partial charge in [0.1, 0.15) is 11.5 Å². The first kappa shape index (κ1) is 19.4. The Bertz CT molecular complexity index is 910. The number of hydrogen-bond acceptors (Lipinski definition) is 2. The quantitative estimate of drug-likeness (QED) is 0.324.